The summed E-state index contributed by atoms with van der Waals surface area (Å²) in [4.78, 5) is 10.0. The largest absolute Gasteiger partial charge is 0.481 e. The number of unbranched alkanes of at least 4 members (excludes halogenated alkanes) is 4. The van der Waals surface area contributed by atoms with Crippen LogP contribution < -0.4 is 0 Å². The third-order valence-corrected chi connectivity index (χ3v) is 3.38. The van der Waals surface area contributed by atoms with Crippen LogP contribution in [0.3, 0.4) is 0 Å². The van der Waals surface area contributed by atoms with Crippen LogP contribution in [0.5, 0.6) is 0 Å². The van der Waals surface area contributed by atoms with Gasteiger partial charge in [0.2, 0.25) is 0 Å². The van der Waals surface area contributed by atoms with Crippen LogP contribution in [0.1, 0.15) is 66.2 Å². The van der Waals surface area contributed by atoms with E-state index in [0.29, 0.717) is 19.6 Å². The summed E-state index contributed by atoms with van der Waals surface area (Å²) < 4.78 is 15.8. The predicted molar refractivity (Wildman–Crippen MR) is 95.4 cm³/mol. The van der Waals surface area contributed by atoms with Crippen LogP contribution in [-0.2, 0) is 19.0 Å². The maximum atomic E-state index is 10.0. The first-order chi connectivity index (χ1) is 11.4. The zero-order valence-electron chi connectivity index (χ0n) is 16.1. The lowest BCUT2D eigenvalue weighted by atomic mass is 10.1. The van der Waals surface area contributed by atoms with E-state index < -0.39 is 5.97 Å². The van der Waals surface area contributed by atoms with E-state index in [1.807, 2.05) is 20.8 Å². The van der Waals surface area contributed by atoms with Crippen LogP contribution in [0.15, 0.2) is 0 Å². The molecule has 146 valence electrons. The first-order valence-electron chi connectivity index (χ1n) is 8.95. The SMILES string of the molecule is CCCCCCCC(=O)O.COC(C)COC(C)COC(C)CO. The highest BCUT2D eigenvalue weighted by Gasteiger charge is 2.08. The molecule has 6 heteroatoms. The van der Waals surface area contributed by atoms with Crippen molar-refractivity contribution in [2.24, 2.45) is 0 Å². The molecule has 0 spiro atoms. The van der Waals surface area contributed by atoms with Crippen molar-refractivity contribution >= 4 is 5.97 Å². The second kappa shape index (κ2) is 18.6. The second-order valence-electron chi connectivity index (χ2n) is 6.07. The third-order valence-electron chi connectivity index (χ3n) is 3.38. The molecule has 0 aliphatic heterocycles. The first-order valence-corrected chi connectivity index (χ1v) is 8.95. The molecule has 0 saturated carbocycles. The van der Waals surface area contributed by atoms with Crippen molar-refractivity contribution in [3.05, 3.63) is 0 Å². The Labute approximate surface area is 147 Å². The quantitative estimate of drug-likeness (QED) is 0.468. The minimum absolute atomic E-state index is 0.0293. The Morgan fingerprint density at radius 3 is 1.96 bits per heavy atom. The first kappa shape index (κ1) is 25.5. The van der Waals surface area contributed by atoms with E-state index in [1.165, 1.54) is 19.3 Å². The number of ether oxygens (including phenoxy) is 3. The van der Waals surface area contributed by atoms with Crippen molar-refractivity contribution in [3.63, 3.8) is 0 Å². The summed E-state index contributed by atoms with van der Waals surface area (Å²) >= 11 is 0. The number of aliphatic hydroxyl groups is 1. The number of carbonyl (C=O) groups is 1. The summed E-state index contributed by atoms with van der Waals surface area (Å²) in [7, 11) is 1.66. The normalized spacial score (nSPS) is 14.4. The molecule has 3 atom stereocenters. The lowest BCUT2D eigenvalue weighted by Gasteiger charge is -2.18. The third kappa shape index (κ3) is 21.3. The monoisotopic (exact) mass is 350 g/mol. The van der Waals surface area contributed by atoms with E-state index in [1.54, 1.807) is 7.11 Å². The van der Waals surface area contributed by atoms with E-state index in [9.17, 15) is 4.79 Å². The van der Waals surface area contributed by atoms with Crippen LogP contribution in [0.4, 0.5) is 0 Å². The number of rotatable bonds is 14. The summed E-state index contributed by atoms with van der Waals surface area (Å²) in [6, 6.07) is 0. The van der Waals surface area contributed by atoms with Crippen molar-refractivity contribution in [1.29, 1.82) is 0 Å². The summed E-state index contributed by atoms with van der Waals surface area (Å²) in [5.41, 5.74) is 0. The van der Waals surface area contributed by atoms with Crippen LogP contribution >= 0.6 is 0 Å². The van der Waals surface area contributed by atoms with Crippen LogP contribution in [-0.4, -0.2) is 61.4 Å². The Hall–Kier alpha value is -0.690. The molecular weight excluding hydrogens is 312 g/mol. The molecule has 2 N–H and O–H groups in total. The highest BCUT2D eigenvalue weighted by atomic mass is 16.6. The molecule has 0 rings (SSSR count). The molecule has 0 fully saturated rings. The van der Waals surface area contributed by atoms with Gasteiger partial charge in [-0.2, -0.15) is 0 Å². The van der Waals surface area contributed by atoms with Gasteiger partial charge in [-0.25, -0.2) is 0 Å². The smallest absolute Gasteiger partial charge is 0.303 e. The van der Waals surface area contributed by atoms with Crippen molar-refractivity contribution in [2.45, 2.75) is 84.5 Å². The van der Waals surface area contributed by atoms with Gasteiger partial charge < -0.3 is 24.4 Å². The molecule has 0 bridgehead atoms. The summed E-state index contributed by atoms with van der Waals surface area (Å²) in [5.74, 6) is -0.670. The fourth-order valence-electron chi connectivity index (χ4n) is 1.65. The molecule has 0 saturated heterocycles. The van der Waals surface area contributed by atoms with Gasteiger partial charge in [-0.05, 0) is 27.2 Å². The number of aliphatic carboxylic acids is 1. The number of hydrogen-bond donors (Lipinski definition) is 2. The lowest BCUT2D eigenvalue weighted by Crippen LogP contribution is -2.25. The van der Waals surface area contributed by atoms with Gasteiger partial charge in [0, 0.05) is 13.5 Å². The Bertz CT molecular complexity index is 258. The Morgan fingerprint density at radius 2 is 1.46 bits per heavy atom. The summed E-state index contributed by atoms with van der Waals surface area (Å²) in [6.45, 7) is 8.96. The summed E-state index contributed by atoms with van der Waals surface area (Å²) in [5, 5.41) is 17.0. The molecule has 0 heterocycles. The van der Waals surface area contributed by atoms with Gasteiger partial charge in [-0.3, -0.25) is 4.79 Å². The maximum Gasteiger partial charge on any atom is 0.303 e. The van der Waals surface area contributed by atoms with Crippen LogP contribution in [0.2, 0.25) is 0 Å². The molecule has 0 radical (unpaired) electrons. The van der Waals surface area contributed by atoms with Crippen LogP contribution in [0.25, 0.3) is 0 Å². The molecule has 3 unspecified atom stereocenters. The minimum Gasteiger partial charge on any atom is -0.481 e. The molecule has 0 amide bonds. The van der Waals surface area contributed by atoms with Crippen molar-refractivity contribution in [3.8, 4) is 0 Å². The van der Waals surface area contributed by atoms with Gasteiger partial charge in [0.25, 0.3) is 0 Å². The highest BCUT2D eigenvalue weighted by Crippen LogP contribution is 2.04. The summed E-state index contributed by atoms with van der Waals surface area (Å²) in [6.07, 6.45) is 5.89. The van der Waals surface area contributed by atoms with Gasteiger partial charge in [0.05, 0.1) is 38.1 Å². The van der Waals surface area contributed by atoms with E-state index in [2.05, 4.69) is 6.92 Å². The fourth-order valence-corrected chi connectivity index (χ4v) is 1.65. The van der Waals surface area contributed by atoms with Crippen LogP contribution in [0, 0.1) is 0 Å². The average Bonchev–Trinajstić information content (AvgIpc) is 2.57. The molecule has 0 aromatic rings. The Balaban J connectivity index is 0. The number of carboxylic acids is 1. The standard InChI is InChI=1S/C10H22O4.C8H16O2/c1-8(5-11)13-7-10(3)14-6-9(2)12-4;1-2-3-4-5-6-7-8(9)10/h8-11H,5-7H2,1-4H3;2-7H2,1H3,(H,9,10). The molecule has 6 nitrogen and oxygen atoms in total. The molecule has 0 aliphatic carbocycles. The Morgan fingerprint density at radius 1 is 0.917 bits per heavy atom. The minimum atomic E-state index is -0.670. The topological polar surface area (TPSA) is 85.2 Å². The number of hydrogen-bond acceptors (Lipinski definition) is 5. The zero-order chi connectivity index (χ0) is 18.8. The van der Waals surface area contributed by atoms with Crippen molar-refractivity contribution in [2.75, 3.05) is 26.9 Å². The molecule has 24 heavy (non-hydrogen) atoms. The maximum absolute atomic E-state index is 10.0. The van der Waals surface area contributed by atoms with E-state index in [-0.39, 0.29) is 24.9 Å². The number of methoxy groups -OCH3 is 1. The van der Waals surface area contributed by atoms with Gasteiger partial charge in [-0.1, -0.05) is 32.6 Å². The average molecular weight is 350 g/mol. The van der Waals surface area contributed by atoms with Crippen molar-refractivity contribution in [1.82, 2.24) is 0 Å². The van der Waals surface area contributed by atoms with Gasteiger partial charge in [0.15, 0.2) is 0 Å². The second-order valence-corrected chi connectivity index (χ2v) is 6.07. The zero-order valence-corrected chi connectivity index (χ0v) is 16.1. The number of carboxylic acid groups (broad SMARTS) is 1. The lowest BCUT2D eigenvalue weighted by molar-refractivity contribution is -0.137. The van der Waals surface area contributed by atoms with Gasteiger partial charge >= 0.3 is 5.97 Å². The van der Waals surface area contributed by atoms with E-state index >= 15 is 0 Å². The molecule has 0 aromatic heterocycles. The predicted octanol–water partition coefficient (Wildman–Crippen LogP) is 3.26. The van der Waals surface area contributed by atoms with E-state index in [0.717, 1.165) is 12.8 Å². The molecular formula is C18H38O6. The fraction of sp³-hybridized carbons (Fsp3) is 0.944. The van der Waals surface area contributed by atoms with Gasteiger partial charge in [-0.15, -0.1) is 0 Å². The van der Waals surface area contributed by atoms with E-state index in [4.69, 9.17) is 24.4 Å². The molecule has 0 aliphatic rings. The number of aliphatic hydroxyl groups excluding tert-OH is 1. The molecule has 0 aromatic carbocycles. The highest BCUT2D eigenvalue weighted by molar-refractivity contribution is 5.66. The Kier molecular flexibility index (Phi) is 19.8. The van der Waals surface area contributed by atoms with Gasteiger partial charge in [0.1, 0.15) is 0 Å². The van der Waals surface area contributed by atoms with Crippen molar-refractivity contribution < 1.29 is 29.2 Å².